The Bertz CT molecular complexity index is 1530. The summed E-state index contributed by atoms with van der Waals surface area (Å²) in [4.78, 5) is 13.0. The number of hydrogen-bond acceptors (Lipinski definition) is 6. The van der Waals surface area contributed by atoms with Crippen molar-refractivity contribution < 1.29 is 9.13 Å². The predicted molar refractivity (Wildman–Crippen MR) is 119 cm³/mol. The second-order valence-electron chi connectivity index (χ2n) is 7.46. The molecule has 0 saturated carbocycles. The predicted octanol–water partition coefficient (Wildman–Crippen LogP) is 3.90. The number of benzene rings is 2. The number of imidazole rings is 1. The average Bonchev–Trinajstić information content (AvgIpc) is 3.44. The molecule has 162 valence electrons. The third kappa shape index (κ3) is 3.68. The number of halogens is 1. The number of hydrogen-bond donors (Lipinski definition) is 0. The van der Waals surface area contributed by atoms with Gasteiger partial charge in [-0.25, -0.2) is 14.4 Å². The Kier molecular flexibility index (Phi) is 5.03. The van der Waals surface area contributed by atoms with Crippen LogP contribution in [0.3, 0.4) is 0 Å². The number of aryl methyl sites for hydroxylation is 1. The molecule has 8 nitrogen and oxygen atoms in total. The molecular weight excluding hydrogens is 421 g/mol. The van der Waals surface area contributed by atoms with Crippen LogP contribution in [-0.4, -0.2) is 36.2 Å². The van der Waals surface area contributed by atoms with E-state index in [0.717, 1.165) is 16.9 Å². The molecule has 0 radical (unpaired) electrons. The Balaban J connectivity index is 1.55. The van der Waals surface area contributed by atoms with Gasteiger partial charge in [0.05, 0.1) is 42.3 Å². The summed E-state index contributed by atoms with van der Waals surface area (Å²) < 4.78 is 23.4. The van der Waals surface area contributed by atoms with E-state index < -0.39 is 5.82 Å². The zero-order valence-electron chi connectivity index (χ0n) is 17.9. The van der Waals surface area contributed by atoms with Crippen LogP contribution in [0, 0.1) is 24.1 Å². The maximum absolute atomic E-state index is 14.5. The van der Waals surface area contributed by atoms with E-state index in [2.05, 4.69) is 26.1 Å². The van der Waals surface area contributed by atoms with Crippen LogP contribution >= 0.6 is 0 Å². The fraction of sp³-hybridized carbons (Fsp3) is 0.125. The van der Waals surface area contributed by atoms with Crippen LogP contribution in [0.1, 0.15) is 22.6 Å². The molecular formula is C24H18FN7O. The molecule has 5 aromatic rings. The third-order valence-corrected chi connectivity index (χ3v) is 5.26. The van der Waals surface area contributed by atoms with Crippen molar-refractivity contribution in [3.63, 3.8) is 0 Å². The molecule has 0 unspecified atom stereocenters. The van der Waals surface area contributed by atoms with Gasteiger partial charge in [-0.2, -0.15) is 14.8 Å². The largest absolute Gasteiger partial charge is 0.495 e. The molecule has 3 aromatic heterocycles. The summed E-state index contributed by atoms with van der Waals surface area (Å²) in [6.07, 6.45) is 5.45. The number of nitriles is 1. The maximum atomic E-state index is 14.5. The topological polar surface area (TPSA) is 93.9 Å². The second-order valence-corrected chi connectivity index (χ2v) is 7.46. The number of methoxy groups -OCH3 is 1. The molecule has 0 spiro atoms. The number of ether oxygens (including phenoxy) is 1. The highest BCUT2D eigenvalue weighted by Gasteiger charge is 2.18. The molecule has 0 fully saturated rings. The second kappa shape index (κ2) is 8.16. The fourth-order valence-corrected chi connectivity index (χ4v) is 3.73. The Labute approximate surface area is 188 Å². The van der Waals surface area contributed by atoms with Gasteiger partial charge in [-0.1, -0.05) is 18.2 Å². The first-order valence-corrected chi connectivity index (χ1v) is 10.1. The van der Waals surface area contributed by atoms with Gasteiger partial charge in [0.1, 0.15) is 17.6 Å². The van der Waals surface area contributed by atoms with E-state index in [1.165, 1.54) is 16.8 Å². The van der Waals surface area contributed by atoms with Crippen molar-refractivity contribution in [1.82, 2.24) is 29.1 Å². The van der Waals surface area contributed by atoms with Crippen LogP contribution < -0.4 is 4.74 Å². The number of fused-ring (bicyclic) bond motifs is 1. The summed E-state index contributed by atoms with van der Waals surface area (Å²) in [5, 5.41) is 14.1. The standard InChI is InChI=1S/C24H18FN7O/c1-15-13-31(14-28-15)20-8-7-16(9-21(20)33-2)10-22-29-24-27-12-17(11-26)23(32(24)30-22)18-5-3-4-6-19(18)25/h3-9,12-14H,10H2,1-2H3. The van der Waals surface area contributed by atoms with Gasteiger partial charge in [-0.3, -0.25) is 0 Å². The van der Waals surface area contributed by atoms with Gasteiger partial charge in [0.15, 0.2) is 5.82 Å². The monoisotopic (exact) mass is 439 g/mol. The molecule has 33 heavy (non-hydrogen) atoms. The van der Waals surface area contributed by atoms with Crippen LogP contribution in [0.5, 0.6) is 5.75 Å². The van der Waals surface area contributed by atoms with Crippen molar-refractivity contribution in [2.24, 2.45) is 0 Å². The summed E-state index contributed by atoms with van der Waals surface area (Å²) in [6, 6.07) is 14.1. The molecule has 0 aliphatic rings. The van der Waals surface area contributed by atoms with E-state index in [1.54, 1.807) is 31.6 Å². The molecule has 0 atom stereocenters. The molecule has 3 heterocycles. The van der Waals surface area contributed by atoms with Crippen LogP contribution in [0.15, 0.2) is 61.2 Å². The summed E-state index contributed by atoms with van der Waals surface area (Å²) in [5.41, 5.74) is 3.50. The van der Waals surface area contributed by atoms with Crippen molar-refractivity contribution in [2.45, 2.75) is 13.3 Å². The first-order chi connectivity index (χ1) is 16.1. The molecule has 5 rings (SSSR count). The molecule has 0 aliphatic heterocycles. The normalized spacial score (nSPS) is 11.0. The van der Waals surface area contributed by atoms with Gasteiger partial charge < -0.3 is 9.30 Å². The van der Waals surface area contributed by atoms with Crippen LogP contribution in [0.25, 0.3) is 22.7 Å². The van der Waals surface area contributed by atoms with Crippen molar-refractivity contribution in [3.8, 4) is 28.8 Å². The molecule has 2 aromatic carbocycles. The van der Waals surface area contributed by atoms with Gasteiger partial charge in [0.2, 0.25) is 0 Å². The fourth-order valence-electron chi connectivity index (χ4n) is 3.73. The van der Waals surface area contributed by atoms with Gasteiger partial charge in [-0.05, 0) is 36.8 Å². The minimum Gasteiger partial charge on any atom is -0.495 e. The average molecular weight is 439 g/mol. The summed E-state index contributed by atoms with van der Waals surface area (Å²) in [7, 11) is 1.61. The zero-order valence-corrected chi connectivity index (χ0v) is 17.9. The highest BCUT2D eigenvalue weighted by Crippen LogP contribution is 2.27. The van der Waals surface area contributed by atoms with Crippen LogP contribution in [-0.2, 0) is 6.42 Å². The summed E-state index contributed by atoms with van der Waals surface area (Å²) in [5.74, 6) is 1.02. The zero-order chi connectivity index (χ0) is 22.9. The lowest BCUT2D eigenvalue weighted by Gasteiger charge is -2.10. The molecule has 0 amide bonds. The van der Waals surface area contributed by atoms with Gasteiger partial charge in [-0.15, -0.1) is 5.10 Å². The summed E-state index contributed by atoms with van der Waals surface area (Å²) in [6.45, 7) is 1.92. The SMILES string of the molecule is COc1cc(Cc2nc3ncc(C#N)c(-c4ccccc4F)n3n2)ccc1-n1cnc(C)c1. The van der Waals surface area contributed by atoms with E-state index in [4.69, 9.17) is 4.74 Å². The van der Waals surface area contributed by atoms with Crippen molar-refractivity contribution >= 4 is 5.78 Å². The van der Waals surface area contributed by atoms with Gasteiger partial charge in [0.25, 0.3) is 5.78 Å². The van der Waals surface area contributed by atoms with Gasteiger partial charge in [0, 0.05) is 18.2 Å². The highest BCUT2D eigenvalue weighted by molar-refractivity contribution is 5.68. The van der Waals surface area contributed by atoms with Crippen molar-refractivity contribution in [3.05, 3.63) is 89.6 Å². The third-order valence-electron chi connectivity index (χ3n) is 5.26. The first-order valence-electron chi connectivity index (χ1n) is 10.1. The van der Waals surface area contributed by atoms with E-state index in [9.17, 15) is 9.65 Å². The van der Waals surface area contributed by atoms with Crippen LogP contribution in [0.4, 0.5) is 4.39 Å². The molecule has 0 N–H and O–H groups in total. The van der Waals surface area contributed by atoms with Crippen LogP contribution in [0.2, 0.25) is 0 Å². The Morgan fingerprint density at radius 3 is 2.73 bits per heavy atom. The molecule has 0 bridgehead atoms. The van der Waals surface area contributed by atoms with Gasteiger partial charge >= 0.3 is 0 Å². The van der Waals surface area contributed by atoms with E-state index >= 15 is 0 Å². The number of nitrogens with zero attached hydrogens (tertiary/aromatic N) is 7. The van der Waals surface area contributed by atoms with Crippen molar-refractivity contribution in [2.75, 3.05) is 7.11 Å². The lowest BCUT2D eigenvalue weighted by atomic mass is 10.1. The first kappa shape index (κ1) is 20.3. The quantitative estimate of drug-likeness (QED) is 0.412. The van der Waals surface area contributed by atoms with E-state index in [0.29, 0.717) is 29.5 Å². The van der Waals surface area contributed by atoms with E-state index in [1.807, 2.05) is 35.9 Å². The summed E-state index contributed by atoms with van der Waals surface area (Å²) >= 11 is 0. The Hall–Kier alpha value is -4.58. The number of rotatable bonds is 5. The Morgan fingerprint density at radius 1 is 1.15 bits per heavy atom. The molecule has 0 saturated heterocycles. The Morgan fingerprint density at radius 2 is 2.00 bits per heavy atom. The maximum Gasteiger partial charge on any atom is 0.253 e. The lowest BCUT2D eigenvalue weighted by molar-refractivity contribution is 0.412. The van der Waals surface area contributed by atoms with E-state index in [-0.39, 0.29) is 11.1 Å². The number of aromatic nitrogens is 6. The minimum atomic E-state index is -0.450. The minimum absolute atomic E-state index is 0.214. The lowest BCUT2D eigenvalue weighted by Crippen LogP contribution is -2.02. The molecule has 9 heteroatoms. The highest BCUT2D eigenvalue weighted by atomic mass is 19.1. The molecule has 0 aliphatic carbocycles. The smallest absolute Gasteiger partial charge is 0.253 e. The van der Waals surface area contributed by atoms with Crippen molar-refractivity contribution in [1.29, 1.82) is 5.26 Å².